The maximum atomic E-state index is 12.4. The van der Waals surface area contributed by atoms with E-state index in [2.05, 4.69) is 10.2 Å². The van der Waals surface area contributed by atoms with Gasteiger partial charge in [-0.05, 0) is 19.1 Å². The predicted octanol–water partition coefficient (Wildman–Crippen LogP) is 1.70. The van der Waals surface area contributed by atoms with Gasteiger partial charge in [-0.15, -0.1) is 0 Å². The Morgan fingerprint density at radius 1 is 1.39 bits per heavy atom. The van der Waals surface area contributed by atoms with Gasteiger partial charge in [-0.25, -0.2) is 0 Å². The summed E-state index contributed by atoms with van der Waals surface area (Å²) in [5, 5.41) is 3.32. The van der Waals surface area contributed by atoms with Crippen molar-refractivity contribution in [3.05, 3.63) is 23.7 Å². The molecule has 1 aromatic rings. The third-order valence-electron chi connectivity index (χ3n) is 3.41. The molecule has 1 aliphatic rings. The van der Waals surface area contributed by atoms with Crippen molar-refractivity contribution in [1.82, 2.24) is 10.2 Å². The van der Waals surface area contributed by atoms with E-state index in [1.165, 1.54) is 0 Å². The molecule has 0 spiro atoms. The molecular formula is C14H22N2O2. The lowest BCUT2D eigenvalue weighted by atomic mass is 9.86. The van der Waals surface area contributed by atoms with Gasteiger partial charge in [0.25, 0.3) is 0 Å². The second-order valence-electron chi connectivity index (χ2n) is 5.65. The molecule has 18 heavy (non-hydrogen) atoms. The summed E-state index contributed by atoms with van der Waals surface area (Å²) in [5.41, 5.74) is -0.401. The summed E-state index contributed by atoms with van der Waals surface area (Å²) in [6.45, 7) is 10.7. The highest BCUT2D eigenvalue weighted by Gasteiger charge is 2.33. The van der Waals surface area contributed by atoms with Crippen LogP contribution in [0.15, 0.2) is 16.5 Å². The SMILES string of the molecule is Cc1ccc(C(=O)C(C)(C)CN2CCNCC2)o1. The first kappa shape index (κ1) is 13.3. The standard InChI is InChI=1S/C14H22N2O2/c1-11-4-5-12(18-11)13(17)14(2,3)10-16-8-6-15-7-9-16/h4-5,15H,6-10H2,1-3H3. The summed E-state index contributed by atoms with van der Waals surface area (Å²) < 4.78 is 5.44. The van der Waals surface area contributed by atoms with Crippen molar-refractivity contribution in [3.63, 3.8) is 0 Å². The van der Waals surface area contributed by atoms with E-state index in [4.69, 9.17) is 4.42 Å². The van der Waals surface area contributed by atoms with Crippen molar-refractivity contribution in [2.75, 3.05) is 32.7 Å². The van der Waals surface area contributed by atoms with Crippen molar-refractivity contribution >= 4 is 5.78 Å². The van der Waals surface area contributed by atoms with Crippen LogP contribution in [0.5, 0.6) is 0 Å². The van der Waals surface area contributed by atoms with E-state index in [1.807, 2.05) is 26.8 Å². The molecule has 1 aromatic heterocycles. The number of Topliss-reactive ketones (excluding diaryl/α,β-unsaturated/α-hetero) is 1. The van der Waals surface area contributed by atoms with Gasteiger partial charge in [0.05, 0.1) is 0 Å². The maximum Gasteiger partial charge on any atom is 0.204 e. The molecule has 2 heterocycles. The number of furan rings is 1. The van der Waals surface area contributed by atoms with Crippen LogP contribution in [-0.4, -0.2) is 43.4 Å². The van der Waals surface area contributed by atoms with Crippen molar-refractivity contribution in [3.8, 4) is 0 Å². The van der Waals surface area contributed by atoms with Gasteiger partial charge in [-0.1, -0.05) is 13.8 Å². The topological polar surface area (TPSA) is 45.5 Å². The average Bonchev–Trinajstić information content (AvgIpc) is 2.75. The Kier molecular flexibility index (Phi) is 3.88. The molecule has 0 unspecified atom stereocenters. The first-order valence-corrected chi connectivity index (χ1v) is 6.53. The molecule has 0 atom stereocenters. The number of carbonyl (C=O) groups excluding carboxylic acids is 1. The van der Waals surface area contributed by atoms with Crippen LogP contribution in [0.25, 0.3) is 0 Å². The maximum absolute atomic E-state index is 12.4. The third kappa shape index (κ3) is 3.00. The van der Waals surface area contributed by atoms with E-state index in [-0.39, 0.29) is 5.78 Å². The van der Waals surface area contributed by atoms with Gasteiger partial charge >= 0.3 is 0 Å². The van der Waals surface area contributed by atoms with Crippen molar-refractivity contribution in [1.29, 1.82) is 0 Å². The lowest BCUT2D eigenvalue weighted by Crippen LogP contribution is -2.48. The second-order valence-corrected chi connectivity index (χ2v) is 5.65. The number of hydrogen-bond donors (Lipinski definition) is 1. The fourth-order valence-electron chi connectivity index (χ4n) is 2.39. The number of aryl methyl sites for hydroxylation is 1. The smallest absolute Gasteiger partial charge is 0.204 e. The second kappa shape index (κ2) is 5.24. The Labute approximate surface area is 108 Å². The molecule has 0 saturated carbocycles. The Balaban J connectivity index is 2.02. The van der Waals surface area contributed by atoms with Crippen molar-refractivity contribution in [2.24, 2.45) is 5.41 Å². The third-order valence-corrected chi connectivity index (χ3v) is 3.41. The molecule has 0 aliphatic carbocycles. The van der Waals surface area contributed by atoms with Crippen molar-refractivity contribution < 1.29 is 9.21 Å². The number of ketones is 1. The van der Waals surface area contributed by atoms with Crippen LogP contribution < -0.4 is 5.32 Å². The van der Waals surface area contributed by atoms with Gasteiger partial charge in [0.15, 0.2) is 5.76 Å². The highest BCUT2D eigenvalue weighted by Crippen LogP contribution is 2.24. The van der Waals surface area contributed by atoms with E-state index in [0.29, 0.717) is 5.76 Å². The fraction of sp³-hybridized carbons (Fsp3) is 0.643. The molecule has 4 heteroatoms. The normalized spacial score (nSPS) is 17.9. The van der Waals surface area contributed by atoms with Gasteiger partial charge in [0.2, 0.25) is 5.78 Å². The molecular weight excluding hydrogens is 228 g/mol. The zero-order valence-electron chi connectivity index (χ0n) is 11.5. The molecule has 1 saturated heterocycles. The van der Waals surface area contributed by atoms with Crippen LogP contribution in [0.1, 0.15) is 30.2 Å². The molecule has 0 radical (unpaired) electrons. The van der Waals surface area contributed by atoms with E-state index >= 15 is 0 Å². The van der Waals surface area contributed by atoms with Crippen LogP contribution in [-0.2, 0) is 0 Å². The monoisotopic (exact) mass is 250 g/mol. The number of rotatable bonds is 4. The van der Waals surface area contributed by atoms with Crippen LogP contribution in [0.4, 0.5) is 0 Å². The molecule has 4 nitrogen and oxygen atoms in total. The average molecular weight is 250 g/mol. The van der Waals surface area contributed by atoms with Gasteiger partial charge in [0.1, 0.15) is 5.76 Å². The Morgan fingerprint density at radius 2 is 2.06 bits per heavy atom. The summed E-state index contributed by atoms with van der Waals surface area (Å²) in [4.78, 5) is 14.8. The molecule has 1 aliphatic heterocycles. The van der Waals surface area contributed by atoms with E-state index < -0.39 is 5.41 Å². The molecule has 2 rings (SSSR count). The number of piperazine rings is 1. The zero-order chi connectivity index (χ0) is 13.2. The summed E-state index contributed by atoms with van der Waals surface area (Å²) >= 11 is 0. The first-order valence-electron chi connectivity index (χ1n) is 6.53. The number of carbonyl (C=O) groups is 1. The highest BCUT2D eigenvalue weighted by molar-refractivity contribution is 5.97. The molecule has 0 aromatic carbocycles. The summed E-state index contributed by atoms with van der Waals surface area (Å²) in [6, 6.07) is 3.62. The van der Waals surface area contributed by atoms with Crippen molar-refractivity contribution in [2.45, 2.75) is 20.8 Å². The minimum atomic E-state index is -0.401. The molecule has 0 bridgehead atoms. The van der Waals surface area contributed by atoms with E-state index in [1.54, 1.807) is 6.07 Å². The minimum absolute atomic E-state index is 0.0918. The lowest BCUT2D eigenvalue weighted by Gasteiger charge is -2.33. The molecule has 100 valence electrons. The largest absolute Gasteiger partial charge is 0.458 e. The summed E-state index contributed by atoms with van der Waals surface area (Å²) in [7, 11) is 0. The molecule has 1 N–H and O–H groups in total. The fourth-order valence-corrected chi connectivity index (χ4v) is 2.39. The summed E-state index contributed by atoms with van der Waals surface area (Å²) in [6.07, 6.45) is 0. The van der Waals surface area contributed by atoms with Crippen LogP contribution in [0, 0.1) is 12.3 Å². The number of nitrogens with zero attached hydrogens (tertiary/aromatic N) is 1. The Bertz CT molecular complexity index is 417. The first-order chi connectivity index (χ1) is 8.49. The van der Waals surface area contributed by atoms with Crippen LogP contribution in [0.2, 0.25) is 0 Å². The predicted molar refractivity (Wildman–Crippen MR) is 70.9 cm³/mol. The van der Waals surface area contributed by atoms with Gasteiger partial charge in [-0.2, -0.15) is 0 Å². The van der Waals surface area contributed by atoms with Gasteiger partial charge < -0.3 is 9.73 Å². The van der Waals surface area contributed by atoms with Gasteiger partial charge in [0, 0.05) is 38.1 Å². The van der Waals surface area contributed by atoms with E-state index in [9.17, 15) is 4.79 Å². The Hall–Kier alpha value is -1.13. The lowest BCUT2D eigenvalue weighted by molar-refractivity contribution is 0.0721. The van der Waals surface area contributed by atoms with Crippen LogP contribution in [0.3, 0.4) is 0 Å². The van der Waals surface area contributed by atoms with Gasteiger partial charge in [-0.3, -0.25) is 9.69 Å². The minimum Gasteiger partial charge on any atom is -0.458 e. The highest BCUT2D eigenvalue weighted by atomic mass is 16.3. The Morgan fingerprint density at radius 3 is 2.61 bits per heavy atom. The van der Waals surface area contributed by atoms with Crippen LogP contribution >= 0.6 is 0 Å². The quantitative estimate of drug-likeness (QED) is 0.826. The summed E-state index contributed by atoms with van der Waals surface area (Å²) in [5.74, 6) is 1.36. The molecule has 0 amide bonds. The number of hydrogen-bond acceptors (Lipinski definition) is 4. The zero-order valence-corrected chi connectivity index (χ0v) is 11.5. The molecule has 1 fully saturated rings. The van der Waals surface area contributed by atoms with E-state index in [0.717, 1.165) is 38.5 Å². The number of nitrogens with one attached hydrogen (secondary N) is 1.